The number of thioether (sulfide) groups is 1. The normalized spacial score (nSPS) is 13.4. The molecule has 0 radical (unpaired) electrons. The van der Waals surface area contributed by atoms with Gasteiger partial charge in [-0.3, -0.25) is 14.4 Å². The van der Waals surface area contributed by atoms with Gasteiger partial charge in [-0.25, -0.2) is 0 Å². The molecular weight excluding hydrogens is 318 g/mol. The van der Waals surface area contributed by atoms with Crippen LogP contribution in [0.5, 0.6) is 0 Å². The van der Waals surface area contributed by atoms with E-state index in [0.29, 0.717) is 10.7 Å². The number of nitrogens with one attached hydrogen (secondary N) is 2. The summed E-state index contributed by atoms with van der Waals surface area (Å²) in [6.45, 7) is 3.83. The number of carbonyl (C=O) groups is 3. The lowest BCUT2D eigenvalue weighted by atomic mass is 10.00. The first-order chi connectivity index (χ1) is 11.0. The topological polar surface area (TPSA) is 101 Å². The van der Waals surface area contributed by atoms with Crippen LogP contribution in [-0.2, 0) is 0 Å². The van der Waals surface area contributed by atoms with E-state index >= 15 is 0 Å². The summed E-state index contributed by atoms with van der Waals surface area (Å²) in [6.07, 6.45) is 2.82. The molecule has 0 aliphatic heterocycles. The molecule has 0 atom stereocenters. The fourth-order valence-corrected chi connectivity index (χ4v) is 2.95. The highest BCUT2D eigenvalue weighted by Gasteiger charge is 2.35. The van der Waals surface area contributed by atoms with Gasteiger partial charge in [0.1, 0.15) is 5.56 Å². The van der Waals surface area contributed by atoms with Crippen molar-refractivity contribution in [2.45, 2.75) is 12.8 Å². The molecule has 2 rings (SSSR count). The van der Waals surface area contributed by atoms with Crippen molar-refractivity contribution in [1.29, 1.82) is 0 Å². The Balaban J connectivity index is 2.11. The van der Waals surface area contributed by atoms with E-state index in [0.717, 1.165) is 18.5 Å². The van der Waals surface area contributed by atoms with Crippen LogP contribution < -0.4 is 10.6 Å². The molecule has 0 bridgehead atoms. The van der Waals surface area contributed by atoms with Crippen LogP contribution >= 0.6 is 11.8 Å². The Morgan fingerprint density at radius 3 is 2.74 bits per heavy atom. The molecule has 23 heavy (non-hydrogen) atoms. The minimum absolute atomic E-state index is 0.0565. The molecule has 2 N–H and O–H groups in total. The number of hydrogen-bond donors (Lipinski definition) is 2. The number of carbonyl (C=O) groups excluding carboxylic acids is 3. The standard InChI is InChI=1S/C15H17N3O4S/c1-8(16-2)5-4-6-23-10-7-9(19)14-11(13(10)20)12(18-22-14)15(21)17-3/h7,16H,1,4-6H2,2-3H3,(H,17,21). The molecule has 0 unspecified atom stereocenters. The van der Waals surface area contributed by atoms with Crippen molar-refractivity contribution in [3.63, 3.8) is 0 Å². The number of ketones is 2. The molecule has 1 amide bonds. The summed E-state index contributed by atoms with van der Waals surface area (Å²) in [4.78, 5) is 36.5. The van der Waals surface area contributed by atoms with E-state index in [4.69, 9.17) is 4.52 Å². The zero-order valence-electron chi connectivity index (χ0n) is 12.9. The molecule has 0 spiro atoms. The van der Waals surface area contributed by atoms with E-state index < -0.39 is 17.5 Å². The van der Waals surface area contributed by atoms with Crippen molar-refractivity contribution in [3.05, 3.63) is 40.3 Å². The Kier molecular flexibility index (Phi) is 5.38. The van der Waals surface area contributed by atoms with Gasteiger partial charge in [0.05, 0.1) is 4.91 Å². The predicted molar refractivity (Wildman–Crippen MR) is 86.5 cm³/mol. The van der Waals surface area contributed by atoms with Gasteiger partial charge in [0.2, 0.25) is 17.3 Å². The second-order valence-corrected chi connectivity index (χ2v) is 5.96. The van der Waals surface area contributed by atoms with E-state index in [1.807, 2.05) is 0 Å². The third-order valence-corrected chi connectivity index (χ3v) is 4.41. The Morgan fingerprint density at radius 2 is 2.09 bits per heavy atom. The van der Waals surface area contributed by atoms with Gasteiger partial charge in [-0.1, -0.05) is 11.7 Å². The summed E-state index contributed by atoms with van der Waals surface area (Å²) < 4.78 is 4.86. The van der Waals surface area contributed by atoms with Crippen LogP contribution in [-0.4, -0.2) is 42.5 Å². The molecule has 8 heteroatoms. The zero-order chi connectivity index (χ0) is 17.0. The number of fused-ring (bicyclic) bond motifs is 1. The van der Waals surface area contributed by atoms with Gasteiger partial charge >= 0.3 is 0 Å². The Bertz CT molecular complexity index is 706. The first-order valence-corrected chi connectivity index (χ1v) is 7.99. The monoisotopic (exact) mass is 335 g/mol. The van der Waals surface area contributed by atoms with Crippen LogP contribution in [0, 0.1) is 0 Å². The molecule has 1 aromatic heterocycles. The lowest BCUT2D eigenvalue weighted by molar-refractivity contribution is 0.0944. The fraction of sp³-hybridized carbons (Fsp3) is 0.333. The van der Waals surface area contributed by atoms with Crippen molar-refractivity contribution in [3.8, 4) is 0 Å². The molecular formula is C15H17N3O4S. The van der Waals surface area contributed by atoms with Gasteiger partial charge < -0.3 is 15.2 Å². The lowest BCUT2D eigenvalue weighted by Gasteiger charge is -2.11. The number of amides is 1. The molecule has 0 fully saturated rings. The van der Waals surface area contributed by atoms with Crippen LogP contribution in [0.4, 0.5) is 0 Å². The maximum absolute atomic E-state index is 12.5. The van der Waals surface area contributed by atoms with Crippen LogP contribution in [0.3, 0.4) is 0 Å². The molecule has 1 heterocycles. The highest BCUT2D eigenvalue weighted by molar-refractivity contribution is 8.04. The molecule has 7 nitrogen and oxygen atoms in total. The molecule has 1 aliphatic carbocycles. The average molecular weight is 335 g/mol. The van der Waals surface area contributed by atoms with E-state index in [1.165, 1.54) is 24.9 Å². The highest BCUT2D eigenvalue weighted by Crippen LogP contribution is 2.31. The van der Waals surface area contributed by atoms with E-state index in [-0.39, 0.29) is 17.0 Å². The van der Waals surface area contributed by atoms with Crippen molar-refractivity contribution in [2.24, 2.45) is 0 Å². The zero-order valence-corrected chi connectivity index (χ0v) is 13.7. The largest absolute Gasteiger partial charge is 0.392 e. The minimum Gasteiger partial charge on any atom is -0.392 e. The first-order valence-electron chi connectivity index (χ1n) is 7.00. The van der Waals surface area contributed by atoms with Gasteiger partial charge in [-0.15, -0.1) is 11.8 Å². The molecule has 1 aromatic rings. The van der Waals surface area contributed by atoms with E-state index in [1.54, 1.807) is 7.05 Å². The fourth-order valence-electron chi connectivity index (χ4n) is 2.02. The van der Waals surface area contributed by atoms with Gasteiger partial charge in [-0.2, -0.15) is 0 Å². The molecule has 0 aromatic carbocycles. The van der Waals surface area contributed by atoms with Crippen LogP contribution in [0.2, 0.25) is 0 Å². The number of hydrogen-bond acceptors (Lipinski definition) is 7. The van der Waals surface area contributed by atoms with Crippen molar-refractivity contribution in [1.82, 2.24) is 15.8 Å². The van der Waals surface area contributed by atoms with Crippen molar-refractivity contribution >= 4 is 29.2 Å². The van der Waals surface area contributed by atoms with Crippen LogP contribution in [0.15, 0.2) is 27.8 Å². The summed E-state index contributed by atoms with van der Waals surface area (Å²) in [7, 11) is 3.22. The minimum atomic E-state index is -0.562. The van der Waals surface area contributed by atoms with Crippen molar-refractivity contribution < 1.29 is 18.9 Å². The lowest BCUT2D eigenvalue weighted by Crippen LogP contribution is -2.23. The number of nitrogens with zero attached hydrogens (tertiary/aromatic N) is 1. The number of allylic oxidation sites excluding steroid dienone is 3. The van der Waals surface area contributed by atoms with Gasteiger partial charge in [-0.05, 0) is 18.6 Å². The first kappa shape index (κ1) is 17.0. The second-order valence-electron chi connectivity index (χ2n) is 4.82. The highest BCUT2D eigenvalue weighted by atomic mass is 32.2. The third kappa shape index (κ3) is 3.53. The summed E-state index contributed by atoms with van der Waals surface area (Å²) >= 11 is 1.28. The summed E-state index contributed by atoms with van der Waals surface area (Å²) in [5, 5.41) is 8.87. The average Bonchev–Trinajstić information content (AvgIpc) is 3.00. The van der Waals surface area contributed by atoms with Crippen molar-refractivity contribution in [2.75, 3.05) is 19.8 Å². The van der Waals surface area contributed by atoms with Crippen LogP contribution in [0.25, 0.3) is 0 Å². The maximum Gasteiger partial charge on any atom is 0.274 e. The Labute approximate surface area is 137 Å². The summed E-state index contributed by atoms with van der Waals surface area (Å²) in [5.41, 5.74) is 0.698. The molecule has 1 aliphatic rings. The number of rotatable bonds is 7. The van der Waals surface area contributed by atoms with E-state index in [2.05, 4.69) is 22.4 Å². The van der Waals surface area contributed by atoms with Crippen LogP contribution in [0.1, 0.15) is 44.2 Å². The number of aromatic nitrogens is 1. The van der Waals surface area contributed by atoms with E-state index in [9.17, 15) is 14.4 Å². The summed E-state index contributed by atoms with van der Waals surface area (Å²) in [6, 6.07) is 0. The smallest absolute Gasteiger partial charge is 0.274 e. The second kappa shape index (κ2) is 7.28. The summed E-state index contributed by atoms with van der Waals surface area (Å²) in [5.74, 6) is -0.947. The Morgan fingerprint density at radius 1 is 1.35 bits per heavy atom. The molecule has 0 saturated carbocycles. The quantitative estimate of drug-likeness (QED) is 0.729. The number of Topliss-reactive ketones (excluding diaryl/α,β-unsaturated/α-hetero) is 1. The van der Waals surface area contributed by atoms with Gasteiger partial charge in [0.25, 0.3) is 5.91 Å². The third-order valence-electron chi connectivity index (χ3n) is 3.31. The molecule has 0 saturated heterocycles. The molecule has 122 valence electrons. The van der Waals surface area contributed by atoms with Gasteiger partial charge in [0.15, 0.2) is 5.69 Å². The van der Waals surface area contributed by atoms with Gasteiger partial charge in [0, 0.05) is 25.9 Å². The SMILES string of the molecule is C=C(CCCSC1=CC(=O)c2onc(C(=O)NC)c2C1=O)NC. The Hall–Kier alpha value is -2.35. The predicted octanol–water partition coefficient (Wildman–Crippen LogP) is 1.54. The maximum atomic E-state index is 12.5.